The van der Waals surface area contributed by atoms with E-state index in [0.29, 0.717) is 6.54 Å². The molecule has 90 valence electrons. The van der Waals surface area contributed by atoms with Gasteiger partial charge < -0.3 is 5.73 Å². The summed E-state index contributed by atoms with van der Waals surface area (Å²) in [7, 11) is 0. The van der Waals surface area contributed by atoms with Crippen molar-refractivity contribution in [2.45, 2.75) is 26.8 Å². The van der Waals surface area contributed by atoms with Crippen molar-refractivity contribution in [2.75, 3.05) is 6.54 Å². The van der Waals surface area contributed by atoms with Crippen LogP contribution in [0.25, 0.3) is 11.1 Å². The van der Waals surface area contributed by atoms with Crippen LogP contribution in [0, 0.1) is 6.92 Å². The molecule has 17 heavy (non-hydrogen) atoms. The molecule has 0 aliphatic rings. The minimum atomic E-state index is 0.622. The van der Waals surface area contributed by atoms with Crippen LogP contribution in [0.3, 0.4) is 0 Å². The minimum absolute atomic E-state index is 0.622. The molecule has 1 aromatic carbocycles. The Hall–Kier alpha value is -1.61. The van der Waals surface area contributed by atoms with Crippen LogP contribution in [-0.2, 0) is 13.0 Å². The average molecular weight is 229 g/mol. The predicted octanol–water partition coefficient (Wildman–Crippen LogP) is 2.38. The van der Waals surface area contributed by atoms with Gasteiger partial charge in [-0.25, -0.2) is 0 Å². The number of hydrogen-bond acceptors (Lipinski definition) is 2. The Bertz CT molecular complexity index is 483. The first kappa shape index (κ1) is 11.9. The van der Waals surface area contributed by atoms with Gasteiger partial charge in [0.2, 0.25) is 0 Å². The molecule has 0 fully saturated rings. The van der Waals surface area contributed by atoms with Crippen molar-refractivity contribution < 1.29 is 0 Å². The summed E-state index contributed by atoms with van der Waals surface area (Å²) < 4.78 is 1.96. The zero-order chi connectivity index (χ0) is 12.3. The molecule has 1 heterocycles. The van der Waals surface area contributed by atoms with E-state index < -0.39 is 0 Å². The largest absolute Gasteiger partial charge is 0.329 e. The first-order chi connectivity index (χ1) is 8.26. The number of nitrogens with zero attached hydrogens (tertiary/aromatic N) is 2. The number of nitrogens with two attached hydrogens (primary N) is 1. The normalized spacial score (nSPS) is 10.8. The SMILES string of the molecule is CCc1ccc(-c2cnn(CCN)c2C)cc1. The summed E-state index contributed by atoms with van der Waals surface area (Å²) in [5, 5.41) is 4.36. The molecule has 2 aromatic rings. The van der Waals surface area contributed by atoms with Gasteiger partial charge in [-0.1, -0.05) is 31.2 Å². The Morgan fingerprint density at radius 1 is 1.24 bits per heavy atom. The summed E-state index contributed by atoms with van der Waals surface area (Å²) in [6.45, 7) is 5.65. The Kier molecular flexibility index (Phi) is 3.59. The molecule has 2 rings (SSSR count). The molecule has 0 spiro atoms. The van der Waals surface area contributed by atoms with E-state index in [9.17, 15) is 0 Å². The second-order valence-corrected chi connectivity index (χ2v) is 4.21. The minimum Gasteiger partial charge on any atom is -0.329 e. The molecule has 3 nitrogen and oxygen atoms in total. The van der Waals surface area contributed by atoms with E-state index in [2.05, 4.69) is 43.2 Å². The zero-order valence-electron chi connectivity index (χ0n) is 10.5. The lowest BCUT2D eigenvalue weighted by Gasteiger charge is -2.04. The van der Waals surface area contributed by atoms with E-state index in [1.54, 1.807) is 0 Å². The highest BCUT2D eigenvalue weighted by Gasteiger charge is 2.07. The third kappa shape index (κ3) is 2.39. The molecule has 3 heteroatoms. The molecule has 0 radical (unpaired) electrons. The Labute approximate surface area is 102 Å². The standard InChI is InChI=1S/C14H19N3/c1-3-12-4-6-13(7-5-12)14-10-16-17(9-8-15)11(14)2/h4-7,10H,3,8-9,15H2,1-2H3. The van der Waals surface area contributed by atoms with E-state index in [-0.39, 0.29) is 0 Å². The molecule has 2 N–H and O–H groups in total. The fraction of sp³-hybridized carbons (Fsp3) is 0.357. The van der Waals surface area contributed by atoms with Crippen molar-refractivity contribution in [2.24, 2.45) is 5.73 Å². The van der Waals surface area contributed by atoms with Crippen LogP contribution in [0.2, 0.25) is 0 Å². The fourth-order valence-corrected chi connectivity index (χ4v) is 2.00. The maximum Gasteiger partial charge on any atom is 0.0571 e. The lowest BCUT2D eigenvalue weighted by molar-refractivity contribution is 0.608. The fourth-order valence-electron chi connectivity index (χ4n) is 2.00. The van der Waals surface area contributed by atoms with Gasteiger partial charge in [-0.05, 0) is 24.5 Å². The summed E-state index contributed by atoms with van der Waals surface area (Å²) in [4.78, 5) is 0. The summed E-state index contributed by atoms with van der Waals surface area (Å²) in [5.74, 6) is 0. The molecule has 0 amide bonds. The lowest BCUT2D eigenvalue weighted by atomic mass is 10.0. The van der Waals surface area contributed by atoms with E-state index in [1.165, 1.54) is 22.4 Å². The quantitative estimate of drug-likeness (QED) is 0.874. The van der Waals surface area contributed by atoms with Gasteiger partial charge in [0, 0.05) is 17.8 Å². The molecular weight excluding hydrogens is 210 g/mol. The topological polar surface area (TPSA) is 43.8 Å². The highest BCUT2D eigenvalue weighted by Crippen LogP contribution is 2.23. The monoisotopic (exact) mass is 229 g/mol. The summed E-state index contributed by atoms with van der Waals surface area (Å²) in [6, 6.07) is 8.68. The highest BCUT2D eigenvalue weighted by atomic mass is 15.3. The summed E-state index contributed by atoms with van der Waals surface area (Å²) in [5.41, 5.74) is 10.5. The molecule has 0 saturated carbocycles. The molecule has 0 atom stereocenters. The van der Waals surface area contributed by atoms with E-state index >= 15 is 0 Å². The van der Waals surface area contributed by atoms with Gasteiger partial charge in [-0.2, -0.15) is 5.10 Å². The first-order valence-corrected chi connectivity index (χ1v) is 6.08. The van der Waals surface area contributed by atoms with Crippen molar-refractivity contribution in [1.29, 1.82) is 0 Å². The van der Waals surface area contributed by atoms with Gasteiger partial charge in [0.1, 0.15) is 0 Å². The van der Waals surface area contributed by atoms with Gasteiger partial charge in [0.25, 0.3) is 0 Å². The van der Waals surface area contributed by atoms with Crippen molar-refractivity contribution in [1.82, 2.24) is 9.78 Å². The average Bonchev–Trinajstić information content (AvgIpc) is 2.72. The van der Waals surface area contributed by atoms with E-state index in [1.807, 2.05) is 10.9 Å². The number of hydrogen-bond donors (Lipinski definition) is 1. The third-order valence-electron chi connectivity index (χ3n) is 3.12. The van der Waals surface area contributed by atoms with Crippen molar-refractivity contribution in [3.8, 4) is 11.1 Å². The number of benzene rings is 1. The molecular formula is C14H19N3. The van der Waals surface area contributed by atoms with E-state index in [4.69, 9.17) is 5.73 Å². The second kappa shape index (κ2) is 5.15. The van der Waals surface area contributed by atoms with Crippen LogP contribution in [0.5, 0.6) is 0 Å². The third-order valence-corrected chi connectivity index (χ3v) is 3.12. The molecule has 0 bridgehead atoms. The molecule has 0 saturated heterocycles. The highest BCUT2D eigenvalue weighted by molar-refractivity contribution is 5.65. The van der Waals surface area contributed by atoms with Crippen LogP contribution in [-0.4, -0.2) is 16.3 Å². The Morgan fingerprint density at radius 3 is 2.53 bits per heavy atom. The van der Waals surface area contributed by atoms with Crippen LogP contribution in [0.4, 0.5) is 0 Å². The predicted molar refractivity (Wildman–Crippen MR) is 70.8 cm³/mol. The van der Waals surface area contributed by atoms with Crippen LogP contribution in [0.1, 0.15) is 18.2 Å². The number of aryl methyl sites for hydroxylation is 1. The molecule has 0 aliphatic heterocycles. The maximum absolute atomic E-state index is 5.55. The first-order valence-electron chi connectivity index (χ1n) is 6.08. The van der Waals surface area contributed by atoms with Gasteiger partial charge in [-0.15, -0.1) is 0 Å². The lowest BCUT2D eigenvalue weighted by Crippen LogP contribution is -2.12. The van der Waals surface area contributed by atoms with Gasteiger partial charge in [0.05, 0.1) is 12.7 Å². The molecule has 0 unspecified atom stereocenters. The van der Waals surface area contributed by atoms with Gasteiger partial charge in [-0.3, -0.25) is 4.68 Å². The smallest absolute Gasteiger partial charge is 0.0571 e. The molecule has 0 aliphatic carbocycles. The maximum atomic E-state index is 5.55. The number of aromatic nitrogens is 2. The van der Waals surface area contributed by atoms with Crippen LogP contribution < -0.4 is 5.73 Å². The zero-order valence-corrected chi connectivity index (χ0v) is 10.5. The summed E-state index contributed by atoms with van der Waals surface area (Å²) in [6.07, 6.45) is 3.00. The molecule has 1 aromatic heterocycles. The van der Waals surface area contributed by atoms with Crippen molar-refractivity contribution in [3.63, 3.8) is 0 Å². The van der Waals surface area contributed by atoms with Crippen LogP contribution in [0.15, 0.2) is 30.5 Å². The van der Waals surface area contributed by atoms with Gasteiger partial charge >= 0.3 is 0 Å². The summed E-state index contributed by atoms with van der Waals surface area (Å²) >= 11 is 0. The van der Waals surface area contributed by atoms with Crippen LogP contribution >= 0.6 is 0 Å². The Morgan fingerprint density at radius 2 is 1.94 bits per heavy atom. The van der Waals surface area contributed by atoms with Crippen molar-refractivity contribution in [3.05, 3.63) is 41.7 Å². The van der Waals surface area contributed by atoms with E-state index in [0.717, 1.165) is 13.0 Å². The Balaban J connectivity index is 2.32. The number of rotatable bonds is 4. The second-order valence-electron chi connectivity index (χ2n) is 4.21. The van der Waals surface area contributed by atoms with Crippen molar-refractivity contribution >= 4 is 0 Å². The van der Waals surface area contributed by atoms with Gasteiger partial charge in [0.15, 0.2) is 0 Å².